The fraction of sp³-hybridized carbons (Fsp3) is 0.564. The van der Waals surface area contributed by atoms with E-state index in [0.29, 0.717) is 12.0 Å². The van der Waals surface area contributed by atoms with Crippen LogP contribution >= 0.6 is 41.2 Å². The number of thiol groups is 2. The maximum atomic E-state index is 14.3. The van der Waals surface area contributed by atoms with Gasteiger partial charge in [-0.25, -0.2) is 4.79 Å². The largest absolute Gasteiger partial charge is 0.480 e. The quantitative estimate of drug-likeness (QED) is 0.0108. The molecule has 0 aromatic heterocycles. The Bertz CT molecular complexity index is 1940. The molecular formula is C39H66BrN17O9S2. The minimum absolute atomic E-state index is 0.0363. The lowest BCUT2D eigenvalue weighted by Crippen LogP contribution is -2.60. The van der Waals surface area contributed by atoms with E-state index in [1.165, 1.54) is 13.8 Å². The molecule has 0 radical (unpaired) electrons. The predicted octanol–water partition coefficient (Wildman–Crippen LogP) is -5.53. The fourth-order valence-electron chi connectivity index (χ4n) is 5.80. The summed E-state index contributed by atoms with van der Waals surface area (Å²) >= 11 is 11.5. The SMILES string of the molecule is C[C@@H](NC(=O)[C@H](CC(Br)CN=C(N)N)NC(=O)[C@@H](Cc1ccccc1)NC(=O)[C@H](CCCN=C(N)N)NC(=O)[C@@H](C)NC(=O)[C@H](CS)NC(=O)[C@@H](N)CCCN=C(N)N)C(=O)N[C@@H](CS)C(=O)O. The van der Waals surface area contributed by atoms with Crippen LogP contribution in [0.2, 0.25) is 0 Å². The van der Waals surface area contributed by atoms with E-state index in [2.05, 4.69) is 93.4 Å². The van der Waals surface area contributed by atoms with E-state index in [9.17, 15) is 43.5 Å². The van der Waals surface area contributed by atoms with Gasteiger partial charge in [-0.1, -0.05) is 46.3 Å². The zero-order valence-corrected chi connectivity index (χ0v) is 41.1. The Hall–Kier alpha value is -6.07. The van der Waals surface area contributed by atoms with Crippen LogP contribution in [0.25, 0.3) is 0 Å². The third kappa shape index (κ3) is 24.1. The first-order chi connectivity index (χ1) is 32.0. The number of benzene rings is 1. The van der Waals surface area contributed by atoms with Crippen molar-refractivity contribution in [1.82, 2.24) is 37.2 Å². The average molecular weight is 1060 g/mol. The Morgan fingerprint density at radius 2 is 1.00 bits per heavy atom. The number of halogens is 1. The van der Waals surface area contributed by atoms with Gasteiger partial charge in [0.1, 0.15) is 42.3 Å². The monoisotopic (exact) mass is 1060 g/mol. The van der Waals surface area contributed by atoms with Gasteiger partial charge < -0.3 is 82.5 Å². The lowest BCUT2D eigenvalue weighted by molar-refractivity contribution is -0.141. The molecule has 68 heavy (non-hydrogen) atoms. The van der Waals surface area contributed by atoms with Crippen molar-refractivity contribution < 1.29 is 43.5 Å². The molecule has 1 unspecified atom stereocenters. The van der Waals surface area contributed by atoms with Gasteiger partial charge in [-0.15, -0.1) is 0 Å². The van der Waals surface area contributed by atoms with Crippen LogP contribution in [0.1, 0.15) is 51.5 Å². The Morgan fingerprint density at radius 3 is 1.50 bits per heavy atom. The first-order valence-electron chi connectivity index (χ1n) is 21.2. The molecule has 26 nitrogen and oxygen atoms in total. The standard InChI is InChI=1S/C39H66BrN17O9S2/c1-19(52-35(64)27(17-67)56-31(60)23(41)10-6-12-48-37(42)43)29(58)53-24(11-7-13-49-38(44)45)32(61)54-25(14-21-8-4-3-5-9-21)34(63)55-26(15-22(40)16-50-39(46)47)33(62)51-20(2)30(59)57-28(18-68)36(65)66/h3-5,8-9,19-20,22-28,67-68H,6-7,10-18,41H2,1-2H3,(H,51,62)(H,52,64)(H,53,58)(H,54,61)(H,55,63)(H,56,60)(H,57,59)(H,65,66)(H4,42,43,48)(H4,44,45,49)(H4,46,47,50)/t19-,20-,22?,23+,24+,25-,26+,27+,28+/m1/s1. The molecule has 1 rings (SSSR count). The molecule has 0 fully saturated rings. The van der Waals surface area contributed by atoms with Gasteiger partial charge in [0, 0.05) is 35.8 Å². The maximum absolute atomic E-state index is 14.3. The van der Waals surface area contributed by atoms with E-state index >= 15 is 0 Å². The van der Waals surface area contributed by atoms with Gasteiger partial charge in [0.2, 0.25) is 41.4 Å². The number of nitrogens with one attached hydrogen (secondary N) is 7. The number of rotatable bonds is 31. The van der Waals surface area contributed by atoms with Crippen LogP contribution in [0.15, 0.2) is 45.3 Å². The molecule has 9 atom stereocenters. The van der Waals surface area contributed by atoms with Crippen LogP contribution in [-0.4, -0.2) is 155 Å². The van der Waals surface area contributed by atoms with Gasteiger partial charge in [0.25, 0.3) is 0 Å². The van der Waals surface area contributed by atoms with Gasteiger partial charge in [-0.05, 0) is 51.5 Å². The number of carbonyl (C=O) groups is 8. The summed E-state index contributed by atoms with van der Waals surface area (Å²) in [5, 5.41) is 26.9. The van der Waals surface area contributed by atoms with E-state index in [1.807, 2.05) is 0 Å². The van der Waals surface area contributed by atoms with Crippen LogP contribution in [0, 0.1) is 0 Å². The molecule has 7 amide bonds. The number of carboxylic acid groups (broad SMARTS) is 1. The molecule has 1 aromatic carbocycles. The Labute approximate surface area is 413 Å². The van der Waals surface area contributed by atoms with E-state index in [0.717, 1.165) is 0 Å². The normalized spacial score (nSPS) is 14.7. The zero-order chi connectivity index (χ0) is 51.5. The second kappa shape index (κ2) is 31.8. The summed E-state index contributed by atoms with van der Waals surface area (Å²) in [5.74, 6) is -8.01. The number of hydrogen-bond donors (Lipinski definition) is 17. The Morgan fingerprint density at radius 1 is 0.574 bits per heavy atom. The molecule has 0 saturated carbocycles. The highest BCUT2D eigenvalue weighted by atomic mass is 79.9. The van der Waals surface area contributed by atoms with Crippen molar-refractivity contribution in [3.63, 3.8) is 0 Å². The molecule has 380 valence electrons. The molecular weight excluding hydrogens is 995 g/mol. The molecule has 0 aliphatic rings. The minimum atomic E-state index is -1.40. The molecule has 1 aromatic rings. The molecule has 0 aliphatic carbocycles. The number of hydrogen-bond acceptors (Lipinski definition) is 14. The van der Waals surface area contributed by atoms with Crippen LogP contribution in [0.4, 0.5) is 0 Å². The van der Waals surface area contributed by atoms with Crippen molar-refractivity contribution in [2.75, 3.05) is 31.1 Å². The fourth-order valence-corrected chi connectivity index (χ4v) is 6.83. The topological polar surface area (TPSA) is 460 Å². The number of amides is 7. The average Bonchev–Trinajstić information content (AvgIpc) is 3.27. The highest BCUT2D eigenvalue weighted by Gasteiger charge is 2.33. The van der Waals surface area contributed by atoms with Crippen molar-refractivity contribution in [3.8, 4) is 0 Å². The predicted molar refractivity (Wildman–Crippen MR) is 266 cm³/mol. The number of aliphatic carboxylic acids is 1. The van der Waals surface area contributed by atoms with Crippen molar-refractivity contribution in [3.05, 3.63) is 35.9 Å². The van der Waals surface area contributed by atoms with Crippen LogP contribution in [0.5, 0.6) is 0 Å². The van der Waals surface area contributed by atoms with E-state index in [1.54, 1.807) is 30.3 Å². The van der Waals surface area contributed by atoms with E-state index in [4.69, 9.17) is 40.1 Å². The third-order valence-corrected chi connectivity index (χ3v) is 10.9. The highest BCUT2D eigenvalue weighted by Crippen LogP contribution is 2.12. The second-order valence-corrected chi connectivity index (χ2v) is 17.3. The number of nitrogens with two attached hydrogens (primary N) is 7. The summed E-state index contributed by atoms with van der Waals surface area (Å²) in [6.45, 7) is 2.89. The van der Waals surface area contributed by atoms with Crippen molar-refractivity contribution in [1.29, 1.82) is 0 Å². The molecule has 0 spiro atoms. The first-order valence-corrected chi connectivity index (χ1v) is 23.3. The van der Waals surface area contributed by atoms with Gasteiger partial charge in [0.05, 0.1) is 12.6 Å². The summed E-state index contributed by atoms with van der Waals surface area (Å²) < 4.78 is 0. The first kappa shape index (κ1) is 59.9. The van der Waals surface area contributed by atoms with Gasteiger partial charge in [-0.2, -0.15) is 25.3 Å². The zero-order valence-electron chi connectivity index (χ0n) is 37.7. The van der Waals surface area contributed by atoms with Crippen molar-refractivity contribution in [2.24, 2.45) is 55.1 Å². The van der Waals surface area contributed by atoms with Crippen LogP contribution in [-0.2, 0) is 44.8 Å². The number of carboxylic acids is 1. The minimum Gasteiger partial charge on any atom is -0.480 e. The van der Waals surface area contributed by atoms with Crippen molar-refractivity contribution in [2.45, 2.75) is 106 Å². The lowest BCUT2D eigenvalue weighted by atomic mass is 10.0. The molecule has 0 bridgehead atoms. The van der Waals surface area contributed by atoms with E-state index < -0.39 is 100 Å². The third-order valence-electron chi connectivity index (χ3n) is 9.51. The summed E-state index contributed by atoms with van der Waals surface area (Å²) in [6.07, 6.45) is 0.405. The number of nitrogens with zero attached hydrogens (tertiary/aromatic N) is 3. The molecule has 0 heterocycles. The number of guanidine groups is 3. The molecule has 29 heteroatoms. The Kier molecular flexibility index (Phi) is 28.1. The maximum Gasteiger partial charge on any atom is 0.327 e. The van der Waals surface area contributed by atoms with Crippen molar-refractivity contribution >= 4 is 106 Å². The highest BCUT2D eigenvalue weighted by molar-refractivity contribution is 9.09. The summed E-state index contributed by atoms with van der Waals surface area (Å²) in [6, 6.07) is -1.76. The second-order valence-electron chi connectivity index (χ2n) is 15.3. The molecule has 22 N–H and O–H groups in total. The van der Waals surface area contributed by atoms with Gasteiger partial charge in [0.15, 0.2) is 17.9 Å². The van der Waals surface area contributed by atoms with Crippen LogP contribution < -0.4 is 77.4 Å². The number of carbonyl (C=O) groups excluding carboxylic acids is 7. The molecule has 0 aliphatic heterocycles. The summed E-state index contributed by atoms with van der Waals surface area (Å²) in [7, 11) is 0. The lowest BCUT2D eigenvalue weighted by Gasteiger charge is -2.27. The number of alkyl halides is 1. The summed E-state index contributed by atoms with van der Waals surface area (Å²) in [5.41, 5.74) is 39.1. The van der Waals surface area contributed by atoms with Gasteiger partial charge in [-0.3, -0.25) is 48.5 Å². The smallest absolute Gasteiger partial charge is 0.327 e. The summed E-state index contributed by atoms with van der Waals surface area (Å²) in [4.78, 5) is 117. The molecule has 0 saturated heterocycles. The Balaban J connectivity index is 3.42. The van der Waals surface area contributed by atoms with Crippen LogP contribution in [0.3, 0.4) is 0 Å². The number of aliphatic imine (C=N–C) groups is 3. The van der Waals surface area contributed by atoms with E-state index in [-0.39, 0.29) is 81.1 Å². The van der Waals surface area contributed by atoms with Gasteiger partial charge >= 0.3 is 5.97 Å².